The summed E-state index contributed by atoms with van der Waals surface area (Å²) in [5.74, 6) is 0.324. The number of alkyl halides is 1. The minimum absolute atomic E-state index is 0.324. The van der Waals surface area contributed by atoms with Crippen LogP contribution in [0.5, 0.6) is 0 Å². The molecule has 0 spiro atoms. The van der Waals surface area contributed by atoms with E-state index in [1.807, 2.05) is 6.92 Å². The van der Waals surface area contributed by atoms with Gasteiger partial charge in [0.1, 0.15) is 5.67 Å². The molecular formula is C14H26FN. The van der Waals surface area contributed by atoms with Crippen LogP contribution in [-0.2, 0) is 0 Å². The van der Waals surface area contributed by atoms with Gasteiger partial charge in [0.25, 0.3) is 0 Å². The average Bonchev–Trinajstić information content (AvgIpc) is 2.31. The fraction of sp³-hybridized carbons (Fsp3) is 1.00. The summed E-state index contributed by atoms with van der Waals surface area (Å²) in [5, 5.41) is 3.47. The van der Waals surface area contributed by atoms with Gasteiger partial charge >= 0.3 is 0 Å². The minimum Gasteiger partial charge on any atom is -0.314 e. The summed E-state index contributed by atoms with van der Waals surface area (Å²) >= 11 is 0. The second-order valence-corrected chi connectivity index (χ2v) is 5.96. The molecule has 1 N–H and O–H groups in total. The smallest absolute Gasteiger partial charge is 0.112 e. The van der Waals surface area contributed by atoms with Crippen molar-refractivity contribution in [1.29, 1.82) is 0 Å². The molecular weight excluding hydrogens is 201 g/mol. The molecule has 0 aromatic carbocycles. The first-order valence-corrected chi connectivity index (χ1v) is 7.11. The number of halogens is 1. The third kappa shape index (κ3) is 3.19. The molecule has 2 atom stereocenters. The van der Waals surface area contributed by atoms with Gasteiger partial charge in [-0.3, -0.25) is 0 Å². The first-order valence-electron chi connectivity index (χ1n) is 7.11. The lowest BCUT2D eigenvalue weighted by molar-refractivity contribution is 0.0512. The first-order chi connectivity index (χ1) is 7.68. The van der Waals surface area contributed by atoms with Crippen LogP contribution >= 0.6 is 0 Å². The molecule has 2 heteroatoms. The zero-order valence-corrected chi connectivity index (χ0v) is 10.6. The Labute approximate surface area is 99.2 Å². The topological polar surface area (TPSA) is 12.0 Å². The van der Waals surface area contributed by atoms with Crippen LogP contribution in [0.2, 0.25) is 0 Å². The number of nitrogens with one attached hydrogen (secondary N) is 1. The van der Waals surface area contributed by atoms with Gasteiger partial charge in [0, 0.05) is 6.04 Å². The minimum atomic E-state index is -0.935. The van der Waals surface area contributed by atoms with Crippen LogP contribution in [0, 0.1) is 5.92 Å². The highest BCUT2D eigenvalue weighted by Crippen LogP contribution is 2.38. The number of hydrogen-bond acceptors (Lipinski definition) is 1. The van der Waals surface area contributed by atoms with Crippen LogP contribution in [0.25, 0.3) is 0 Å². The largest absolute Gasteiger partial charge is 0.314 e. The van der Waals surface area contributed by atoms with Crippen molar-refractivity contribution in [1.82, 2.24) is 5.32 Å². The van der Waals surface area contributed by atoms with E-state index in [0.29, 0.717) is 12.0 Å². The maximum absolute atomic E-state index is 14.7. The molecule has 1 nitrogen and oxygen atoms in total. The van der Waals surface area contributed by atoms with Gasteiger partial charge in [0.05, 0.1) is 0 Å². The molecule has 0 aromatic heterocycles. The maximum Gasteiger partial charge on any atom is 0.112 e. The third-order valence-corrected chi connectivity index (χ3v) is 4.51. The van der Waals surface area contributed by atoms with Gasteiger partial charge in [-0.15, -0.1) is 0 Å². The van der Waals surface area contributed by atoms with E-state index in [2.05, 4.69) is 5.32 Å². The van der Waals surface area contributed by atoms with E-state index in [9.17, 15) is 4.39 Å². The molecule has 2 rings (SSSR count). The van der Waals surface area contributed by atoms with Crippen molar-refractivity contribution in [3.8, 4) is 0 Å². The average molecular weight is 227 g/mol. The van der Waals surface area contributed by atoms with Gasteiger partial charge in [0.2, 0.25) is 0 Å². The predicted octanol–water partition coefficient (Wildman–Crippen LogP) is 3.83. The highest BCUT2D eigenvalue weighted by molar-refractivity contribution is 4.89. The van der Waals surface area contributed by atoms with Crippen molar-refractivity contribution in [2.45, 2.75) is 76.4 Å². The molecule has 1 aliphatic carbocycles. The number of rotatable bonds is 3. The standard InChI is InChI=1S/C14H26FN/c1-14(15,12-7-3-2-4-8-12)11-13-9-5-6-10-16-13/h12-13,16H,2-11H2,1H3. The molecule has 1 heterocycles. The van der Waals surface area contributed by atoms with E-state index >= 15 is 0 Å². The van der Waals surface area contributed by atoms with Crippen LogP contribution in [-0.4, -0.2) is 18.3 Å². The fourth-order valence-electron chi connectivity index (χ4n) is 3.45. The van der Waals surface area contributed by atoms with Gasteiger partial charge in [-0.2, -0.15) is 0 Å². The van der Waals surface area contributed by atoms with Crippen molar-refractivity contribution >= 4 is 0 Å². The van der Waals surface area contributed by atoms with Crippen LogP contribution in [0.4, 0.5) is 4.39 Å². The second kappa shape index (κ2) is 5.48. The molecule has 0 radical (unpaired) electrons. The first kappa shape index (κ1) is 12.3. The Bertz CT molecular complexity index is 203. The van der Waals surface area contributed by atoms with Gasteiger partial charge in [0.15, 0.2) is 0 Å². The molecule has 1 saturated heterocycles. The molecule has 0 bridgehead atoms. The Morgan fingerprint density at radius 2 is 1.75 bits per heavy atom. The van der Waals surface area contributed by atoms with Crippen LogP contribution in [0.15, 0.2) is 0 Å². The predicted molar refractivity (Wildman–Crippen MR) is 66.3 cm³/mol. The summed E-state index contributed by atoms with van der Waals surface area (Å²) in [6, 6.07) is 0.436. The molecule has 16 heavy (non-hydrogen) atoms. The van der Waals surface area contributed by atoms with Crippen LogP contribution in [0.3, 0.4) is 0 Å². The van der Waals surface area contributed by atoms with Gasteiger partial charge in [-0.1, -0.05) is 25.7 Å². The zero-order chi connectivity index (χ0) is 11.4. The zero-order valence-electron chi connectivity index (χ0n) is 10.6. The lowest BCUT2D eigenvalue weighted by Crippen LogP contribution is -2.42. The van der Waals surface area contributed by atoms with E-state index in [4.69, 9.17) is 0 Å². The van der Waals surface area contributed by atoms with E-state index in [0.717, 1.165) is 25.8 Å². The fourth-order valence-corrected chi connectivity index (χ4v) is 3.45. The maximum atomic E-state index is 14.7. The summed E-state index contributed by atoms with van der Waals surface area (Å²) < 4.78 is 14.7. The molecule has 2 fully saturated rings. The summed E-state index contributed by atoms with van der Waals surface area (Å²) in [6.07, 6.45) is 10.5. The molecule has 0 aromatic rings. The molecule has 2 aliphatic rings. The monoisotopic (exact) mass is 227 g/mol. The van der Waals surface area contributed by atoms with Crippen molar-refractivity contribution in [3.63, 3.8) is 0 Å². The van der Waals surface area contributed by atoms with Crippen molar-refractivity contribution < 1.29 is 4.39 Å². The molecule has 94 valence electrons. The Morgan fingerprint density at radius 1 is 1.06 bits per heavy atom. The second-order valence-electron chi connectivity index (χ2n) is 5.96. The third-order valence-electron chi connectivity index (χ3n) is 4.51. The summed E-state index contributed by atoms with van der Waals surface area (Å²) in [7, 11) is 0. The normalized spacial score (nSPS) is 32.2. The summed E-state index contributed by atoms with van der Waals surface area (Å²) in [5.41, 5.74) is -0.935. The van der Waals surface area contributed by atoms with E-state index in [1.165, 1.54) is 38.5 Å². The Kier molecular flexibility index (Phi) is 4.23. The highest BCUT2D eigenvalue weighted by Gasteiger charge is 2.37. The molecule has 1 aliphatic heterocycles. The lowest BCUT2D eigenvalue weighted by Gasteiger charge is -2.37. The number of piperidine rings is 1. The molecule has 2 unspecified atom stereocenters. The Balaban J connectivity index is 1.84. The van der Waals surface area contributed by atoms with E-state index < -0.39 is 5.67 Å². The molecule has 1 saturated carbocycles. The molecule has 0 amide bonds. The number of hydrogen-bond donors (Lipinski definition) is 1. The summed E-state index contributed by atoms with van der Waals surface area (Å²) in [6.45, 7) is 2.94. The van der Waals surface area contributed by atoms with Crippen molar-refractivity contribution in [2.75, 3.05) is 6.54 Å². The Hall–Kier alpha value is -0.110. The SMILES string of the molecule is CC(F)(CC1CCCCN1)C1CCCCC1. The quantitative estimate of drug-likeness (QED) is 0.772. The van der Waals surface area contributed by atoms with Gasteiger partial charge in [-0.25, -0.2) is 4.39 Å². The van der Waals surface area contributed by atoms with Gasteiger partial charge in [-0.05, 0) is 51.5 Å². The lowest BCUT2D eigenvalue weighted by atomic mass is 9.75. The van der Waals surface area contributed by atoms with Crippen LogP contribution in [0.1, 0.15) is 64.7 Å². The van der Waals surface area contributed by atoms with Crippen LogP contribution < -0.4 is 5.32 Å². The van der Waals surface area contributed by atoms with E-state index in [-0.39, 0.29) is 0 Å². The van der Waals surface area contributed by atoms with E-state index in [1.54, 1.807) is 0 Å². The van der Waals surface area contributed by atoms with Crippen molar-refractivity contribution in [3.05, 3.63) is 0 Å². The van der Waals surface area contributed by atoms with Crippen molar-refractivity contribution in [2.24, 2.45) is 5.92 Å². The summed E-state index contributed by atoms with van der Waals surface area (Å²) in [4.78, 5) is 0. The van der Waals surface area contributed by atoms with Gasteiger partial charge < -0.3 is 5.32 Å². The Morgan fingerprint density at radius 3 is 2.38 bits per heavy atom. The highest BCUT2D eigenvalue weighted by atomic mass is 19.1.